The van der Waals surface area contributed by atoms with E-state index < -0.39 is 0 Å². The van der Waals surface area contributed by atoms with E-state index in [-0.39, 0.29) is 5.91 Å². The molecule has 1 N–H and O–H groups in total. The van der Waals surface area contributed by atoms with Crippen molar-refractivity contribution in [1.82, 2.24) is 15.3 Å². The zero-order chi connectivity index (χ0) is 13.8. The average Bonchev–Trinajstić information content (AvgIpc) is 3.31. The molecule has 102 valence electrons. The second-order valence-corrected chi connectivity index (χ2v) is 5.22. The van der Waals surface area contributed by atoms with Gasteiger partial charge in [-0.25, -0.2) is 0 Å². The van der Waals surface area contributed by atoms with Gasteiger partial charge in [0.2, 0.25) is 5.91 Å². The lowest BCUT2D eigenvalue weighted by Crippen LogP contribution is -2.22. The molecule has 3 rings (SSSR count). The van der Waals surface area contributed by atoms with Crippen molar-refractivity contribution in [2.75, 3.05) is 0 Å². The van der Waals surface area contributed by atoms with Crippen LogP contribution < -0.4 is 5.32 Å². The smallest absolute Gasteiger partial charge is 0.220 e. The third-order valence-electron chi connectivity index (χ3n) is 3.44. The molecule has 1 saturated carbocycles. The van der Waals surface area contributed by atoms with Gasteiger partial charge in [0, 0.05) is 37.1 Å². The third kappa shape index (κ3) is 3.41. The number of rotatable bonds is 5. The first-order valence-corrected chi connectivity index (χ1v) is 6.93. The highest BCUT2D eigenvalue weighted by molar-refractivity contribution is 5.76. The number of aromatic nitrogens is 2. The molecule has 0 aromatic carbocycles. The molecule has 1 fully saturated rings. The van der Waals surface area contributed by atoms with E-state index in [0.717, 1.165) is 16.8 Å². The predicted octanol–water partition coefficient (Wildman–Crippen LogP) is 2.56. The fraction of sp³-hybridized carbons (Fsp3) is 0.312. The van der Waals surface area contributed by atoms with Gasteiger partial charge < -0.3 is 5.32 Å². The van der Waals surface area contributed by atoms with E-state index in [1.54, 1.807) is 18.6 Å². The Bertz CT molecular complexity index is 576. The molecule has 4 nitrogen and oxygen atoms in total. The van der Waals surface area contributed by atoms with Crippen LogP contribution in [-0.4, -0.2) is 15.9 Å². The van der Waals surface area contributed by atoms with Gasteiger partial charge >= 0.3 is 0 Å². The Kier molecular flexibility index (Phi) is 3.72. The Morgan fingerprint density at radius 3 is 2.80 bits per heavy atom. The summed E-state index contributed by atoms with van der Waals surface area (Å²) < 4.78 is 0. The summed E-state index contributed by atoms with van der Waals surface area (Å²) in [5.74, 6) is 0.768. The number of carbonyl (C=O) groups excluding carboxylic acids is 1. The summed E-state index contributed by atoms with van der Waals surface area (Å²) in [6.45, 7) is 0.547. The van der Waals surface area contributed by atoms with E-state index in [2.05, 4.69) is 15.3 Å². The van der Waals surface area contributed by atoms with Crippen molar-refractivity contribution >= 4 is 5.91 Å². The van der Waals surface area contributed by atoms with Crippen LogP contribution in [0.2, 0.25) is 0 Å². The van der Waals surface area contributed by atoms with Crippen LogP contribution in [0.25, 0.3) is 11.3 Å². The largest absolute Gasteiger partial charge is 0.352 e. The summed E-state index contributed by atoms with van der Waals surface area (Å²) >= 11 is 0. The molecule has 0 radical (unpaired) electrons. The quantitative estimate of drug-likeness (QED) is 0.905. The molecule has 1 amide bonds. The van der Waals surface area contributed by atoms with Crippen LogP contribution in [0, 0.1) is 5.92 Å². The van der Waals surface area contributed by atoms with Gasteiger partial charge in [0.1, 0.15) is 0 Å². The average molecular weight is 267 g/mol. The Hall–Kier alpha value is -2.23. The lowest BCUT2D eigenvalue weighted by Gasteiger charge is -2.05. The van der Waals surface area contributed by atoms with Crippen molar-refractivity contribution in [2.24, 2.45) is 5.92 Å². The van der Waals surface area contributed by atoms with Crippen molar-refractivity contribution in [3.8, 4) is 11.3 Å². The highest BCUT2D eigenvalue weighted by Gasteiger charge is 2.23. The minimum absolute atomic E-state index is 0.142. The van der Waals surface area contributed by atoms with E-state index in [1.807, 2.05) is 24.3 Å². The van der Waals surface area contributed by atoms with Gasteiger partial charge in [-0.3, -0.25) is 14.8 Å². The molecule has 2 aromatic heterocycles. The van der Waals surface area contributed by atoms with Crippen molar-refractivity contribution in [3.05, 3.63) is 48.4 Å². The normalized spacial score (nSPS) is 14.0. The Morgan fingerprint density at radius 1 is 1.25 bits per heavy atom. The second-order valence-electron chi connectivity index (χ2n) is 5.22. The molecule has 2 aromatic rings. The molecule has 4 heteroatoms. The maximum Gasteiger partial charge on any atom is 0.220 e. The van der Waals surface area contributed by atoms with Crippen LogP contribution in [0.1, 0.15) is 24.8 Å². The number of hydrogen-bond acceptors (Lipinski definition) is 3. The second kappa shape index (κ2) is 5.82. The zero-order valence-corrected chi connectivity index (χ0v) is 11.2. The number of hydrogen-bond donors (Lipinski definition) is 1. The van der Waals surface area contributed by atoms with Gasteiger partial charge in [-0.05, 0) is 42.5 Å². The van der Waals surface area contributed by atoms with Crippen molar-refractivity contribution in [2.45, 2.75) is 25.8 Å². The van der Waals surface area contributed by atoms with Crippen LogP contribution in [-0.2, 0) is 11.3 Å². The zero-order valence-electron chi connectivity index (χ0n) is 11.2. The minimum Gasteiger partial charge on any atom is -0.352 e. The third-order valence-corrected chi connectivity index (χ3v) is 3.44. The fourth-order valence-electron chi connectivity index (χ4n) is 2.07. The minimum atomic E-state index is 0.142. The van der Waals surface area contributed by atoms with Crippen LogP contribution in [0.15, 0.2) is 42.9 Å². The molecule has 0 unspecified atom stereocenters. The van der Waals surface area contributed by atoms with Crippen LogP contribution in [0.3, 0.4) is 0 Å². The van der Waals surface area contributed by atoms with Crippen molar-refractivity contribution < 1.29 is 4.79 Å². The number of pyridine rings is 2. The number of nitrogens with one attached hydrogen (secondary N) is 1. The van der Waals surface area contributed by atoms with Crippen LogP contribution in [0.4, 0.5) is 0 Å². The Balaban J connectivity index is 1.57. The summed E-state index contributed by atoms with van der Waals surface area (Å²) in [6.07, 6.45) is 8.41. The molecule has 0 bridgehead atoms. The van der Waals surface area contributed by atoms with Crippen LogP contribution in [0.5, 0.6) is 0 Å². The molecule has 0 aliphatic heterocycles. The lowest BCUT2D eigenvalue weighted by atomic mass is 10.1. The van der Waals surface area contributed by atoms with E-state index >= 15 is 0 Å². The summed E-state index contributed by atoms with van der Waals surface area (Å²) in [7, 11) is 0. The maximum absolute atomic E-state index is 11.6. The van der Waals surface area contributed by atoms with Crippen molar-refractivity contribution in [1.29, 1.82) is 0 Å². The molecule has 0 spiro atoms. The topological polar surface area (TPSA) is 54.9 Å². The summed E-state index contributed by atoms with van der Waals surface area (Å²) in [4.78, 5) is 20.1. The van der Waals surface area contributed by atoms with E-state index in [0.29, 0.717) is 18.9 Å². The Morgan fingerprint density at radius 2 is 2.15 bits per heavy atom. The summed E-state index contributed by atoms with van der Waals surface area (Å²) in [5.41, 5.74) is 2.91. The number of nitrogens with zero attached hydrogens (tertiary/aromatic N) is 2. The SMILES string of the molecule is O=C(CC1CC1)NCc1ccc(-c2cccnc2)nc1. The van der Waals surface area contributed by atoms with Gasteiger partial charge in [-0.1, -0.05) is 6.07 Å². The van der Waals surface area contributed by atoms with E-state index in [4.69, 9.17) is 0 Å². The molecule has 20 heavy (non-hydrogen) atoms. The van der Waals surface area contributed by atoms with Gasteiger partial charge in [-0.15, -0.1) is 0 Å². The van der Waals surface area contributed by atoms with E-state index in [9.17, 15) is 4.79 Å². The molecule has 0 saturated heterocycles. The first-order valence-electron chi connectivity index (χ1n) is 6.93. The molecular formula is C16H17N3O. The van der Waals surface area contributed by atoms with Gasteiger partial charge in [-0.2, -0.15) is 0 Å². The molecular weight excluding hydrogens is 250 g/mol. The van der Waals surface area contributed by atoms with Gasteiger partial charge in [0.15, 0.2) is 0 Å². The first-order chi connectivity index (χ1) is 9.81. The predicted molar refractivity (Wildman–Crippen MR) is 76.7 cm³/mol. The van der Waals surface area contributed by atoms with Crippen molar-refractivity contribution in [3.63, 3.8) is 0 Å². The highest BCUT2D eigenvalue weighted by Crippen LogP contribution is 2.32. The summed E-state index contributed by atoms with van der Waals surface area (Å²) in [6, 6.07) is 7.82. The highest BCUT2D eigenvalue weighted by atomic mass is 16.1. The van der Waals surface area contributed by atoms with E-state index in [1.165, 1.54) is 12.8 Å². The lowest BCUT2D eigenvalue weighted by molar-refractivity contribution is -0.121. The van der Waals surface area contributed by atoms with Gasteiger partial charge in [0.05, 0.1) is 5.69 Å². The molecule has 0 atom stereocenters. The Labute approximate surface area is 118 Å². The monoisotopic (exact) mass is 267 g/mol. The number of carbonyl (C=O) groups is 1. The first kappa shape index (κ1) is 12.8. The molecule has 2 heterocycles. The van der Waals surface area contributed by atoms with Crippen LogP contribution >= 0.6 is 0 Å². The maximum atomic E-state index is 11.6. The summed E-state index contributed by atoms with van der Waals surface area (Å²) in [5, 5.41) is 2.94. The number of amides is 1. The fourth-order valence-corrected chi connectivity index (χ4v) is 2.07. The standard InChI is InChI=1S/C16H17N3O/c20-16(8-12-3-4-12)19-10-13-5-6-15(18-9-13)14-2-1-7-17-11-14/h1-2,5-7,9,11-12H,3-4,8,10H2,(H,19,20). The molecule has 1 aliphatic rings. The van der Waals surface area contributed by atoms with Gasteiger partial charge in [0.25, 0.3) is 0 Å². The molecule has 1 aliphatic carbocycles.